The lowest BCUT2D eigenvalue weighted by Gasteiger charge is -2.42. The molecule has 3 rings (SSSR count). The van der Waals surface area contributed by atoms with Gasteiger partial charge < -0.3 is 5.73 Å². The van der Waals surface area contributed by atoms with E-state index in [0.29, 0.717) is 18.0 Å². The van der Waals surface area contributed by atoms with E-state index in [9.17, 15) is 0 Å². The van der Waals surface area contributed by atoms with Crippen LogP contribution in [0.5, 0.6) is 0 Å². The first-order valence-electron chi connectivity index (χ1n) is 8.34. The Labute approximate surface area is 133 Å². The molecule has 1 aliphatic carbocycles. The summed E-state index contributed by atoms with van der Waals surface area (Å²) in [5, 5.41) is 0.857. The van der Waals surface area contributed by atoms with Crippen LogP contribution in [0.15, 0.2) is 18.2 Å². The van der Waals surface area contributed by atoms with E-state index in [0.717, 1.165) is 10.6 Å². The molecule has 1 spiro atoms. The van der Waals surface area contributed by atoms with E-state index >= 15 is 0 Å². The molecule has 0 aromatic heterocycles. The Morgan fingerprint density at radius 2 is 1.86 bits per heavy atom. The van der Waals surface area contributed by atoms with E-state index in [1.807, 2.05) is 6.92 Å². The summed E-state index contributed by atoms with van der Waals surface area (Å²) in [4.78, 5) is 2.57. The van der Waals surface area contributed by atoms with Crippen LogP contribution in [0.25, 0.3) is 0 Å². The first-order valence-corrected chi connectivity index (χ1v) is 8.72. The van der Waals surface area contributed by atoms with E-state index < -0.39 is 0 Å². The minimum absolute atomic E-state index is 0.321. The molecule has 0 amide bonds. The lowest BCUT2D eigenvalue weighted by molar-refractivity contribution is 0.0780. The van der Waals surface area contributed by atoms with Crippen LogP contribution in [0.4, 0.5) is 0 Å². The van der Waals surface area contributed by atoms with Gasteiger partial charge in [-0.15, -0.1) is 0 Å². The summed E-state index contributed by atoms with van der Waals surface area (Å²) < 4.78 is 0. The zero-order valence-electron chi connectivity index (χ0n) is 13.1. The molecule has 1 aromatic rings. The molecule has 1 unspecified atom stereocenters. The van der Waals surface area contributed by atoms with Gasteiger partial charge in [0, 0.05) is 17.6 Å². The highest BCUT2D eigenvalue weighted by molar-refractivity contribution is 6.31. The van der Waals surface area contributed by atoms with Gasteiger partial charge in [0.1, 0.15) is 0 Å². The van der Waals surface area contributed by atoms with Crippen molar-refractivity contribution in [3.8, 4) is 0 Å². The molecule has 2 fully saturated rings. The normalized spacial score (nSPS) is 23.6. The van der Waals surface area contributed by atoms with Gasteiger partial charge >= 0.3 is 0 Å². The molecule has 2 aliphatic rings. The van der Waals surface area contributed by atoms with Crippen LogP contribution < -0.4 is 5.73 Å². The van der Waals surface area contributed by atoms with Gasteiger partial charge in [-0.2, -0.15) is 0 Å². The van der Waals surface area contributed by atoms with Crippen molar-refractivity contribution in [2.45, 2.75) is 51.5 Å². The molecule has 2 N–H and O–H groups in total. The van der Waals surface area contributed by atoms with E-state index in [4.69, 9.17) is 17.3 Å². The zero-order valence-corrected chi connectivity index (χ0v) is 13.8. The molecular formula is C18H27ClN2. The maximum Gasteiger partial charge on any atom is 0.0470 e. The highest BCUT2D eigenvalue weighted by Gasteiger charge is 2.38. The van der Waals surface area contributed by atoms with Gasteiger partial charge in [-0.3, -0.25) is 4.90 Å². The topological polar surface area (TPSA) is 29.3 Å². The third-order valence-corrected chi connectivity index (χ3v) is 6.17. The van der Waals surface area contributed by atoms with Crippen molar-refractivity contribution in [3.63, 3.8) is 0 Å². The van der Waals surface area contributed by atoms with E-state index in [1.54, 1.807) is 0 Å². The Morgan fingerprint density at radius 3 is 2.43 bits per heavy atom. The Morgan fingerprint density at radius 1 is 1.19 bits per heavy atom. The summed E-state index contributed by atoms with van der Waals surface area (Å²) in [7, 11) is 0. The highest BCUT2D eigenvalue weighted by atomic mass is 35.5. The van der Waals surface area contributed by atoms with Crippen LogP contribution >= 0.6 is 11.6 Å². The summed E-state index contributed by atoms with van der Waals surface area (Å²) in [6, 6.07) is 6.73. The molecule has 1 saturated heterocycles. The molecular weight excluding hydrogens is 280 g/mol. The number of rotatable bonds is 3. The molecule has 2 nitrogen and oxygen atoms in total. The second kappa shape index (κ2) is 6.28. The minimum Gasteiger partial charge on any atom is -0.329 e. The lowest BCUT2D eigenvalue weighted by Crippen LogP contribution is -2.43. The number of hydrogen-bond donors (Lipinski definition) is 1. The van der Waals surface area contributed by atoms with E-state index in [2.05, 4.69) is 23.1 Å². The fourth-order valence-electron chi connectivity index (χ4n) is 4.25. The van der Waals surface area contributed by atoms with Crippen LogP contribution in [-0.2, 0) is 0 Å². The smallest absolute Gasteiger partial charge is 0.0470 e. The maximum absolute atomic E-state index is 6.29. The minimum atomic E-state index is 0.321. The lowest BCUT2D eigenvalue weighted by atomic mass is 9.76. The number of halogens is 1. The number of nitrogens with zero attached hydrogens (tertiary/aromatic N) is 1. The predicted molar refractivity (Wildman–Crippen MR) is 89.7 cm³/mol. The highest BCUT2D eigenvalue weighted by Crippen LogP contribution is 2.47. The summed E-state index contributed by atoms with van der Waals surface area (Å²) >= 11 is 6.29. The maximum atomic E-state index is 6.29. The number of likely N-dealkylation sites (tertiary alicyclic amines) is 1. The Kier molecular flexibility index (Phi) is 4.58. The van der Waals surface area contributed by atoms with Crippen LogP contribution in [0, 0.1) is 12.3 Å². The van der Waals surface area contributed by atoms with E-state index in [1.165, 1.54) is 57.2 Å². The van der Waals surface area contributed by atoms with Gasteiger partial charge in [-0.05, 0) is 68.3 Å². The molecule has 21 heavy (non-hydrogen) atoms. The second-order valence-corrected chi connectivity index (χ2v) is 7.41. The number of aryl methyl sites for hydroxylation is 1. The van der Waals surface area contributed by atoms with Crippen LogP contribution in [-0.4, -0.2) is 24.5 Å². The molecule has 116 valence electrons. The monoisotopic (exact) mass is 306 g/mol. The first kappa shape index (κ1) is 15.3. The van der Waals surface area contributed by atoms with Gasteiger partial charge in [0.15, 0.2) is 0 Å². The molecule has 0 bridgehead atoms. The standard InChI is InChI=1S/C18H27ClN2/c1-14-4-5-15(12-16(14)19)17(13-20)21-10-8-18(9-11-21)6-2-3-7-18/h4-5,12,17H,2-3,6-11,13,20H2,1H3. The van der Waals surface area contributed by atoms with Crippen molar-refractivity contribution >= 4 is 11.6 Å². The van der Waals surface area contributed by atoms with Gasteiger partial charge in [0.2, 0.25) is 0 Å². The number of piperidine rings is 1. The molecule has 1 atom stereocenters. The van der Waals surface area contributed by atoms with Crippen molar-refractivity contribution in [2.24, 2.45) is 11.1 Å². The number of hydrogen-bond acceptors (Lipinski definition) is 2. The van der Waals surface area contributed by atoms with Gasteiger partial charge in [0.05, 0.1) is 0 Å². The van der Waals surface area contributed by atoms with Crippen molar-refractivity contribution in [3.05, 3.63) is 34.3 Å². The number of nitrogens with two attached hydrogens (primary N) is 1. The van der Waals surface area contributed by atoms with Crippen molar-refractivity contribution in [2.75, 3.05) is 19.6 Å². The van der Waals surface area contributed by atoms with Crippen LogP contribution in [0.3, 0.4) is 0 Å². The van der Waals surface area contributed by atoms with Gasteiger partial charge in [-0.1, -0.05) is 36.6 Å². The van der Waals surface area contributed by atoms with E-state index in [-0.39, 0.29) is 0 Å². The fraction of sp³-hybridized carbons (Fsp3) is 0.667. The second-order valence-electron chi connectivity index (χ2n) is 7.00. The van der Waals surface area contributed by atoms with Crippen molar-refractivity contribution < 1.29 is 0 Å². The molecule has 1 heterocycles. The average Bonchev–Trinajstić information content (AvgIpc) is 2.94. The van der Waals surface area contributed by atoms with Crippen LogP contribution in [0.1, 0.15) is 55.7 Å². The molecule has 0 radical (unpaired) electrons. The molecule has 1 aromatic carbocycles. The first-order chi connectivity index (χ1) is 10.1. The van der Waals surface area contributed by atoms with Gasteiger partial charge in [-0.25, -0.2) is 0 Å². The summed E-state index contributed by atoms with van der Waals surface area (Å²) in [6.07, 6.45) is 8.48. The molecule has 1 saturated carbocycles. The number of benzene rings is 1. The molecule has 1 aliphatic heterocycles. The van der Waals surface area contributed by atoms with Crippen molar-refractivity contribution in [1.82, 2.24) is 4.90 Å². The SMILES string of the molecule is Cc1ccc(C(CN)N2CCC3(CCCC3)CC2)cc1Cl. The Hall–Kier alpha value is -0.570. The summed E-state index contributed by atoms with van der Waals surface area (Å²) in [6.45, 7) is 5.10. The Bertz CT molecular complexity index is 484. The Balaban J connectivity index is 1.70. The summed E-state index contributed by atoms with van der Waals surface area (Å²) in [5.74, 6) is 0. The van der Waals surface area contributed by atoms with Crippen molar-refractivity contribution in [1.29, 1.82) is 0 Å². The fourth-order valence-corrected chi connectivity index (χ4v) is 4.44. The zero-order chi connectivity index (χ0) is 14.9. The third-order valence-electron chi connectivity index (χ3n) is 5.77. The quantitative estimate of drug-likeness (QED) is 0.902. The predicted octanol–water partition coefficient (Wildman–Crippen LogP) is 4.30. The van der Waals surface area contributed by atoms with Crippen LogP contribution in [0.2, 0.25) is 5.02 Å². The van der Waals surface area contributed by atoms with Gasteiger partial charge in [0.25, 0.3) is 0 Å². The largest absolute Gasteiger partial charge is 0.329 e. The summed E-state index contributed by atoms with van der Waals surface area (Å²) in [5.41, 5.74) is 9.16. The third kappa shape index (κ3) is 3.13. The molecule has 3 heteroatoms. The average molecular weight is 307 g/mol.